The summed E-state index contributed by atoms with van der Waals surface area (Å²) in [4.78, 5) is 8.46. The molecule has 2 N–H and O–H groups in total. The van der Waals surface area contributed by atoms with Gasteiger partial charge in [-0.25, -0.2) is 0 Å². The van der Waals surface area contributed by atoms with Crippen LogP contribution in [-0.2, 0) is 13.0 Å². The van der Waals surface area contributed by atoms with Crippen molar-refractivity contribution in [2.75, 3.05) is 0 Å². The average molecular weight is 257 g/mol. The van der Waals surface area contributed by atoms with E-state index in [1.54, 1.807) is 6.20 Å². The molecule has 0 bridgehead atoms. The fourth-order valence-corrected chi connectivity index (χ4v) is 1.81. The van der Waals surface area contributed by atoms with E-state index < -0.39 is 0 Å². The topological polar surface area (TPSA) is 61.0 Å². The molecule has 0 saturated carbocycles. The van der Waals surface area contributed by atoms with Gasteiger partial charge in [-0.2, -0.15) is 0 Å². The monoisotopic (exact) mass is 257 g/mol. The highest BCUT2D eigenvalue weighted by Gasteiger charge is 2.01. The number of aryl methyl sites for hydroxylation is 1. The lowest BCUT2D eigenvalue weighted by molar-refractivity contribution is 0.304. The molecule has 0 aromatic carbocycles. The number of nitrogens with two attached hydrogens (primary N) is 1. The van der Waals surface area contributed by atoms with E-state index >= 15 is 0 Å². The number of pyridine rings is 2. The van der Waals surface area contributed by atoms with Crippen LogP contribution in [0.1, 0.15) is 23.7 Å². The second-order valence-electron chi connectivity index (χ2n) is 4.83. The van der Waals surface area contributed by atoms with E-state index in [1.807, 2.05) is 38.4 Å². The van der Waals surface area contributed by atoms with E-state index in [2.05, 4.69) is 16.0 Å². The van der Waals surface area contributed by atoms with E-state index in [0.717, 1.165) is 29.0 Å². The zero-order chi connectivity index (χ0) is 13.7. The summed E-state index contributed by atoms with van der Waals surface area (Å²) >= 11 is 0. The van der Waals surface area contributed by atoms with Crippen LogP contribution in [0, 0.1) is 6.92 Å². The number of aromatic nitrogens is 2. The molecule has 2 rings (SSSR count). The van der Waals surface area contributed by atoms with Crippen LogP contribution >= 0.6 is 0 Å². The minimum absolute atomic E-state index is 0.123. The predicted octanol–water partition coefficient (Wildman–Crippen LogP) is 2.25. The van der Waals surface area contributed by atoms with Gasteiger partial charge in [0.15, 0.2) is 0 Å². The SMILES string of the molecule is Cc1cncc(COc2ccc(CC(C)N)nc2)c1. The van der Waals surface area contributed by atoms with Crippen LogP contribution < -0.4 is 10.5 Å². The standard InChI is InChI=1S/C15H19N3O/c1-11-5-13(8-17-7-11)10-19-15-4-3-14(18-9-15)6-12(2)16/h3-5,7-9,12H,6,10,16H2,1-2H3. The normalized spacial score (nSPS) is 12.2. The van der Waals surface area contributed by atoms with Crippen molar-refractivity contribution in [3.8, 4) is 5.75 Å². The molecule has 0 aliphatic carbocycles. The highest BCUT2D eigenvalue weighted by molar-refractivity contribution is 5.22. The second kappa shape index (κ2) is 6.29. The summed E-state index contributed by atoms with van der Waals surface area (Å²) in [7, 11) is 0. The van der Waals surface area contributed by atoms with Crippen molar-refractivity contribution in [3.63, 3.8) is 0 Å². The first kappa shape index (κ1) is 13.5. The first-order valence-corrected chi connectivity index (χ1v) is 6.37. The molecule has 4 nitrogen and oxygen atoms in total. The Bertz CT molecular complexity index is 523. The minimum Gasteiger partial charge on any atom is -0.487 e. The Morgan fingerprint density at radius 2 is 2.11 bits per heavy atom. The quantitative estimate of drug-likeness (QED) is 0.892. The number of hydrogen-bond donors (Lipinski definition) is 1. The zero-order valence-electron chi connectivity index (χ0n) is 11.3. The number of ether oxygens (including phenoxy) is 1. The molecule has 0 amide bonds. The molecule has 0 fully saturated rings. The van der Waals surface area contributed by atoms with E-state index in [0.29, 0.717) is 6.61 Å². The second-order valence-corrected chi connectivity index (χ2v) is 4.83. The zero-order valence-corrected chi connectivity index (χ0v) is 11.3. The Hall–Kier alpha value is -1.94. The summed E-state index contributed by atoms with van der Waals surface area (Å²) in [6.07, 6.45) is 6.15. The summed E-state index contributed by atoms with van der Waals surface area (Å²) in [5.41, 5.74) is 8.91. The van der Waals surface area contributed by atoms with Crippen molar-refractivity contribution in [2.24, 2.45) is 5.73 Å². The van der Waals surface area contributed by atoms with Crippen molar-refractivity contribution >= 4 is 0 Å². The molecule has 100 valence electrons. The molecular weight excluding hydrogens is 238 g/mol. The van der Waals surface area contributed by atoms with Gasteiger partial charge in [-0.1, -0.05) is 0 Å². The highest BCUT2D eigenvalue weighted by atomic mass is 16.5. The van der Waals surface area contributed by atoms with Crippen LogP contribution in [0.4, 0.5) is 0 Å². The summed E-state index contributed by atoms with van der Waals surface area (Å²) in [5.74, 6) is 0.759. The van der Waals surface area contributed by atoms with E-state index in [4.69, 9.17) is 10.5 Å². The van der Waals surface area contributed by atoms with Crippen molar-refractivity contribution in [3.05, 3.63) is 53.6 Å². The van der Waals surface area contributed by atoms with Gasteiger partial charge in [0.05, 0.1) is 6.20 Å². The molecule has 2 aromatic rings. The largest absolute Gasteiger partial charge is 0.487 e. The molecule has 0 spiro atoms. The summed E-state index contributed by atoms with van der Waals surface area (Å²) in [6.45, 7) is 4.49. The van der Waals surface area contributed by atoms with Gasteiger partial charge in [-0.3, -0.25) is 9.97 Å². The predicted molar refractivity (Wildman–Crippen MR) is 74.9 cm³/mol. The van der Waals surface area contributed by atoms with Crippen molar-refractivity contribution in [1.82, 2.24) is 9.97 Å². The Labute approximate surface area is 113 Å². The van der Waals surface area contributed by atoms with Crippen molar-refractivity contribution in [2.45, 2.75) is 32.9 Å². The maximum Gasteiger partial charge on any atom is 0.138 e. The van der Waals surface area contributed by atoms with E-state index in [9.17, 15) is 0 Å². The van der Waals surface area contributed by atoms with E-state index in [1.165, 1.54) is 0 Å². The number of hydrogen-bond acceptors (Lipinski definition) is 4. The summed E-state index contributed by atoms with van der Waals surface area (Å²) in [6, 6.07) is 6.06. The van der Waals surface area contributed by atoms with Crippen LogP contribution in [0.2, 0.25) is 0 Å². The first-order valence-electron chi connectivity index (χ1n) is 6.37. The van der Waals surface area contributed by atoms with Gasteiger partial charge in [0.2, 0.25) is 0 Å². The molecule has 2 aromatic heterocycles. The molecule has 1 atom stereocenters. The third-order valence-corrected chi connectivity index (χ3v) is 2.67. The molecule has 0 aliphatic rings. The van der Waals surface area contributed by atoms with Crippen LogP contribution in [0.15, 0.2) is 36.8 Å². The maximum absolute atomic E-state index is 5.73. The Balaban J connectivity index is 1.93. The van der Waals surface area contributed by atoms with Gasteiger partial charge in [-0.15, -0.1) is 0 Å². The van der Waals surface area contributed by atoms with Gasteiger partial charge in [-0.05, 0) is 37.6 Å². The fourth-order valence-electron chi connectivity index (χ4n) is 1.81. The summed E-state index contributed by atoms with van der Waals surface area (Å²) in [5, 5.41) is 0. The highest BCUT2D eigenvalue weighted by Crippen LogP contribution is 2.12. The number of nitrogens with zero attached hydrogens (tertiary/aromatic N) is 2. The Morgan fingerprint density at radius 3 is 2.74 bits per heavy atom. The molecule has 2 heterocycles. The van der Waals surface area contributed by atoms with Gasteiger partial charge < -0.3 is 10.5 Å². The van der Waals surface area contributed by atoms with Crippen LogP contribution in [0.3, 0.4) is 0 Å². The Kier molecular flexibility index (Phi) is 4.47. The maximum atomic E-state index is 5.73. The van der Waals surface area contributed by atoms with Crippen molar-refractivity contribution < 1.29 is 4.74 Å². The lowest BCUT2D eigenvalue weighted by Gasteiger charge is -2.08. The summed E-state index contributed by atoms with van der Waals surface area (Å²) < 4.78 is 5.67. The Morgan fingerprint density at radius 1 is 1.26 bits per heavy atom. The van der Waals surface area contributed by atoms with Crippen LogP contribution in [-0.4, -0.2) is 16.0 Å². The third kappa shape index (κ3) is 4.34. The lowest BCUT2D eigenvalue weighted by atomic mass is 10.2. The van der Waals surface area contributed by atoms with Gasteiger partial charge in [0.25, 0.3) is 0 Å². The molecule has 1 unspecified atom stereocenters. The van der Waals surface area contributed by atoms with Crippen LogP contribution in [0.25, 0.3) is 0 Å². The van der Waals surface area contributed by atoms with Gasteiger partial charge >= 0.3 is 0 Å². The molecule has 0 radical (unpaired) electrons. The lowest BCUT2D eigenvalue weighted by Crippen LogP contribution is -2.18. The molecule has 0 aliphatic heterocycles. The average Bonchev–Trinajstić information content (AvgIpc) is 2.37. The minimum atomic E-state index is 0.123. The van der Waals surface area contributed by atoms with Gasteiger partial charge in [0, 0.05) is 36.1 Å². The van der Waals surface area contributed by atoms with E-state index in [-0.39, 0.29) is 6.04 Å². The smallest absolute Gasteiger partial charge is 0.138 e. The fraction of sp³-hybridized carbons (Fsp3) is 0.333. The van der Waals surface area contributed by atoms with Crippen molar-refractivity contribution in [1.29, 1.82) is 0 Å². The van der Waals surface area contributed by atoms with Crippen LogP contribution in [0.5, 0.6) is 5.75 Å². The molecule has 19 heavy (non-hydrogen) atoms. The molecule has 0 saturated heterocycles. The molecule has 4 heteroatoms. The number of rotatable bonds is 5. The first-order chi connectivity index (χ1) is 9.13. The third-order valence-electron chi connectivity index (χ3n) is 2.67. The molecular formula is C15H19N3O. The van der Waals surface area contributed by atoms with Gasteiger partial charge in [0.1, 0.15) is 12.4 Å².